The Hall–Kier alpha value is -1.35. The third-order valence-corrected chi connectivity index (χ3v) is 2.28. The lowest BCUT2D eigenvalue weighted by Gasteiger charge is -2.10. The Labute approximate surface area is 83.0 Å². The predicted molar refractivity (Wildman–Crippen MR) is 53.2 cm³/mol. The molecule has 0 spiro atoms. The number of carboxylic acid groups (broad SMARTS) is 1. The number of carbonyl (C=O) groups is 1. The first-order valence-corrected chi connectivity index (χ1v) is 4.56. The van der Waals surface area contributed by atoms with Crippen molar-refractivity contribution >= 4 is 5.97 Å². The summed E-state index contributed by atoms with van der Waals surface area (Å²) in [5, 5.41) is 18.1. The minimum absolute atomic E-state index is 0.483. The molecule has 0 heterocycles. The van der Waals surface area contributed by atoms with Gasteiger partial charge in [0, 0.05) is 0 Å². The maximum Gasteiger partial charge on any atom is 0.337 e. The fourth-order valence-electron chi connectivity index (χ4n) is 1.34. The van der Waals surface area contributed by atoms with Gasteiger partial charge in [0.15, 0.2) is 6.10 Å². The Kier molecular flexibility index (Phi) is 3.25. The molecule has 0 aliphatic carbocycles. The Morgan fingerprint density at radius 3 is 2.64 bits per heavy atom. The summed E-state index contributed by atoms with van der Waals surface area (Å²) in [5.41, 5.74) is 2.32. The number of rotatable bonds is 3. The van der Waals surface area contributed by atoms with Crippen LogP contribution in [-0.2, 0) is 11.2 Å². The smallest absolute Gasteiger partial charge is 0.337 e. The molecule has 0 aliphatic heterocycles. The largest absolute Gasteiger partial charge is 0.479 e. The maximum atomic E-state index is 10.6. The van der Waals surface area contributed by atoms with E-state index in [1.165, 1.54) is 0 Å². The molecule has 0 radical (unpaired) electrons. The van der Waals surface area contributed by atoms with Crippen molar-refractivity contribution in [2.75, 3.05) is 0 Å². The SMILES string of the molecule is CCc1ccc(C)c(C(O)C(=O)O)c1. The van der Waals surface area contributed by atoms with Crippen molar-refractivity contribution in [3.05, 3.63) is 34.9 Å². The van der Waals surface area contributed by atoms with Crippen molar-refractivity contribution in [1.29, 1.82) is 0 Å². The quantitative estimate of drug-likeness (QED) is 0.769. The molecule has 3 heteroatoms. The number of carboxylic acids is 1. The third-order valence-electron chi connectivity index (χ3n) is 2.28. The van der Waals surface area contributed by atoms with Crippen molar-refractivity contribution < 1.29 is 15.0 Å². The maximum absolute atomic E-state index is 10.6. The zero-order chi connectivity index (χ0) is 10.7. The molecule has 76 valence electrons. The van der Waals surface area contributed by atoms with Gasteiger partial charge in [0.1, 0.15) is 0 Å². The van der Waals surface area contributed by atoms with E-state index in [2.05, 4.69) is 0 Å². The van der Waals surface area contributed by atoms with E-state index in [0.29, 0.717) is 5.56 Å². The Balaban J connectivity index is 3.11. The van der Waals surface area contributed by atoms with E-state index in [9.17, 15) is 9.90 Å². The monoisotopic (exact) mass is 194 g/mol. The van der Waals surface area contributed by atoms with Gasteiger partial charge < -0.3 is 10.2 Å². The molecule has 1 aromatic rings. The van der Waals surface area contributed by atoms with Gasteiger partial charge in [-0.25, -0.2) is 4.79 Å². The average Bonchev–Trinajstić information content (AvgIpc) is 2.17. The number of aliphatic hydroxyl groups excluding tert-OH is 1. The molecule has 0 amide bonds. The zero-order valence-electron chi connectivity index (χ0n) is 8.32. The topological polar surface area (TPSA) is 57.5 Å². The Bertz CT molecular complexity index is 344. The summed E-state index contributed by atoms with van der Waals surface area (Å²) in [4.78, 5) is 10.6. The lowest BCUT2D eigenvalue weighted by atomic mass is 9.99. The van der Waals surface area contributed by atoms with Gasteiger partial charge in [-0.05, 0) is 30.0 Å². The van der Waals surface area contributed by atoms with Crippen LogP contribution >= 0.6 is 0 Å². The van der Waals surface area contributed by atoms with E-state index in [1.54, 1.807) is 13.0 Å². The third kappa shape index (κ3) is 2.12. The number of aliphatic carboxylic acids is 1. The summed E-state index contributed by atoms with van der Waals surface area (Å²) in [6.45, 7) is 3.78. The lowest BCUT2D eigenvalue weighted by Crippen LogP contribution is -2.12. The normalized spacial score (nSPS) is 12.5. The number of hydrogen-bond donors (Lipinski definition) is 2. The van der Waals surface area contributed by atoms with Gasteiger partial charge in [0.25, 0.3) is 0 Å². The van der Waals surface area contributed by atoms with E-state index >= 15 is 0 Å². The first-order valence-electron chi connectivity index (χ1n) is 4.56. The van der Waals surface area contributed by atoms with Crippen LogP contribution in [0.25, 0.3) is 0 Å². The van der Waals surface area contributed by atoms with Crippen molar-refractivity contribution in [3.8, 4) is 0 Å². The highest BCUT2D eigenvalue weighted by Gasteiger charge is 2.17. The van der Waals surface area contributed by atoms with Crippen molar-refractivity contribution in [1.82, 2.24) is 0 Å². The number of hydrogen-bond acceptors (Lipinski definition) is 2. The Morgan fingerprint density at radius 2 is 2.14 bits per heavy atom. The molecule has 0 fully saturated rings. The van der Waals surface area contributed by atoms with Crippen LogP contribution in [0.15, 0.2) is 18.2 Å². The fourth-order valence-corrected chi connectivity index (χ4v) is 1.34. The van der Waals surface area contributed by atoms with Crippen molar-refractivity contribution in [2.45, 2.75) is 26.4 Å². The van der Waals surface area contributed by atoms with Gasteiger partial charge >= 0.3 is 5.97 Å². The van der Waals surface area contributed by atoms with Gasteiger partial charge in [-0.1, -0.05) is 25.1 Å². The van der Waals surface area contributed by atoms with Crippen molar-refractivity contribution in [3.63, 3.8) is 0 Å². The highest BCUT2D eigenvalue weighted by molar-refractivity contribution is 5.74. The fraction of sp³-hybridized carbons (Fsp3) is 0.364. The van der Waals surface area contributed by atoms with Crippen molar-refractivity contribution in [2.24, 2.45) is 0 Å². The summed E-state index contributed by atoms with van der Waals surface area (Å²) in [6, 6.07) is 5.52. The van der Waals surface area contributed by atoms with Gasteiger partial charge in [0.05, 0.1) is 0 Å². The van der Waals surface area contributed by atoms with E-state index in [1.807, 2.05) is 19.1 Å². The van der Waals surface area contributed by atoms with E-state index in [0.717, 1.165) is 17.5 Å². The molecule has 1 atom stereocenters. The van der Waals surface area contributed by atoms with Gasteiger partial charge in [-0.15, -0.1) is 0 Å². The van der Waals surface area contributed by atoms with Crippen LogP contribution in [0.1, 0.15) is 29.7 Å². The summed E-state index contributed by atoms with van der Waals surface area (Å²) in [7, 11) is 0. The molecule has 0 aromatic heterocycles. The summed E-state index contributed by atoms with van der Waals surface area (Å²) in [6.07, 6.45) is -0.582. The van der Waals surface area contributed by atoms with Crippen LogP contribution in [0, 0.1) is 6.92 Å². The second kappa shape index (κ2) is 4.24. The first kappa shape index (κ1) is 10.7. The molecular weight excluding hydrogens is 180 g/mol. The molecule has 2 N–H and O–H groups in total. The standard InChI is InChI=1S/C11H14O3/c1-3-8-5-4-7(2)9(6-8)10(12)11(13)14/h4-6,10,12H,3H2,1-2H3,(H,13,14). The zero-order valence-corrected chi connectivity index (χ0v) is 8.32. The number of aliphatic hydroxyl groups is 1. The van der Waals surface area contributed by atoms with E-state index in [4.69, 9.17) is 5.11 Å². The van der Waals surface area contributed by atoms with Crippen LogP contribution in [0.3, 0.4) is 0 Å². The molecule has 1 aromatic carbocycles. The summed E-state index contributed by atoms with van der Waals surface area (Å²) in [5.74, 6) is -1.21. The molecule has 14 heavy (non-hydrogen) atoms. The molecule has 1 rings (SSSR count). The second-order valence-electron chi connectivity index (χ2n) is 3.29. The van der Waals surface area contributed by atoms with Crippen LogP contribution in [-0.4, -0.2) is 16.2 Å². The molecule has 1 unspecified atom stereocenters. The number of benzene rings is 1. The Morgan fingerprint density at radius 1 is 1.50 bits per heavy atom. The van der Waals surface area contributed by atoms with Gasteiger partial charge in [-0.3, -0.25) is 0 Å². The van der Waals surface area contributed by atoms with Crippen LogP contribution < -0.4 is 0 Å². The molecule has 0 saturated heterocycles. The van der Waals surface area contributed by atoms with E-state index < -0.39 is 12.1 Å². The minimum atomic E-state index is -1.42. The van der Waals surface area contributed by atoms with E-state index in [-0.39, 0.29) is 0 Å². The molecule has 3 nitrogen and oxygen atoms in total. The molecule has 0 aliphatic rings. The van der Waals surface area contributed by atoms with Crippen LogP contribution in [0.2, 0.25) is 0 Å². The predicted octanol–water partition coefficient (Wildman–Crippen LogP) is 1.68. The summed E-state index contributed by atoms with van der Waals surface area (Å²) < 4.78 is 0. The van der Waals surface area contributed by atoms with Crippen LogP contribution in [0.5, 0.6) is 0 Å². The van der Waals surface area contributed by atoms with Gasteiger partial charge in [-0.2, -0.15) is 0 Å². The number of aryl methyl sites for hydroxylation is 2. The highest BCUT2D eigenvalue weighted by Crippen LogP contribution is 2.19. The lowest BCUT2D eigenvalue weighted by molar-refractivity contribution is -0.147. The first-order chi connectivity index (χ1) is 6.56. The highest BCUT2D eigenvalue weighted by atomic mass is 16.4. The average molecular weight is 194 g/mol. The molecule has 0 saturated carbocycles. The van der Waals surface area contributed by atoms with Crippen LogP contribution in [0.4, 0.5) is 0 Å². The second-order valence-corrected chi connectivity index (χ2v) is 3.29. The molecule has 0 bridgehead atoms. The summed E-state index contributed by atoms with van der Waals surface area (Å²) >= 11 is 0. The molecular formula is C11H14O3. The minimum Gasteiger partial charge on any atom is -0.479 e. The van der Waals surface area contributed by atoms with Gasteiger partial charge in [0.2, 0.25) is 0 Å².